The molecule has 9 nitrogen and oxygen atoms in total. The lowest BCUT2D eigenvalue weighted by atomic mass is 10.0. The van der Waals surface area contributed by atoms with Crippen molar-refractivity contribution in [3.63, 3.8) is 0 Å². The lowest BCUT2D eigenvalue weighted by Crippen LogP contribution is -2.33. The van der Waals surface area contributed by atoms with Gasteiger partial charge in [0.1, 0.15) is 11.9 Å². The second-order valence-corrected chi connectivity index (χ2v) is 8.64. The lowest BCUT2D eigenvalue weighted by Gasteiger charge is -2.16. The Kier molecular flexibility index (Phi) is 6.52. The maximum atomic E-state index is 15.0. The third kappa shape index (κ3) is 3.90. The largest absolute Gasteiger partial charge is 0.442 e. The highest BCUT2D eigenvalue weighted by Gasteiger charge is 2.65. The number of nitrogens with zero attached hydrogens (tertiary/aromatic N) is 5. The van der Waals surface area contributed by atoms with Crippen molar-refractivity contribution in [2.24, 2.45) is 17.6 Å². The number of fused-ring (bicyclic) bond motifs is 1. The van der Waals surface area contributed by atoms with E-state index in [9.17, 15) is 9.18 Å². The van der Waals surface area contributed by atoms with E-state index in [0.29, 0.717) is 41.7 Å². The molecule has 4 heterocycles. The molecule has 1 amide bonds. The van der Waals surface area contributed by atoms with Gasteiger partial charge in [0.25, 0.3) is 0 Å². The Morgan fingerprint density at radius 2 is 2.00 bits per heavy atom. The number of benzene rings is 1. The molecular formula is C22H24Cl2FN7O2. The van der Waals surface area contributed by atoms with Crippen LogP contribution in [0.5, 0.6) is 0 Å². The fourth-order valence-corrected chi connectivity index (χ4v) is 5.04. The number of rotatable bonds is 5. The highest BCUT2D eigenvalue weighted by Crippen LogP contribution is 2.57. The number of piperidine rings is 1. The first-order valence-electron chi connectivity index (χ1n) is 10.6. The van der Waals surface area contributed by atoms with Gasteiger partial charge in [-0.05, 0) is 24.3 Å². The van der Waals surface area contributed by atoms with Crippen LogP contribution in [0.1, 0.15) is 5.69 Å². The Morgan fingerprint density at radius 1 is 1.21 bits per heavy atom. The van der Waals surface area contributed by atoms with Gasteiger partial charge < -0.3 is 15.8 Å². The molecule has 180 valence electrons. The molecule has 1 aromatic carbocycles. The summed E-state index contributed by atoms with van der Waals surface area (Å²) in [5, 5.41) is 11.0. The van der Waals surface area contributed by atoms with Crippen LogP contribution in [-0.4, -0.2) is 51.8 Å². The van der Waals surface area contributed by atoms with E-state index in [1.165, 1.54) is 11.0 Å². The van der Waals surface area contributed by atoms with Crippen molar-refractivity contribution in [3.8, 4) is 11.1 Å². The Hall–Kier alpha value is -2.79. The molecule has 3 aromatic rings. The normalized spacial score (nSPS) is 26.9. The fourth-order valence-electron chi connectivity index (χ4n) is 5.04. The number of pyridine rings is 1. The van der Waals surface area contributed by atoms with Crippen LogP contribution in [0.4, 0.5) is 14.9 Å². The Bertz CT molecular complexity index is 1170. The number of anilines is 1. The Morgan fingerprint density at radius 3 is 2.65 bits per heavy atom. The number of hydrogen-bond acceptors (Lipinski definition) is 7. The molecule has 6 rings (SSSR count). The van der Waals surface area contributed by atoms with Crippen molar-refractivity contribution in [1.82, 2.24) is 25.3 Å². The molecule has 2 aromatic heterocycles. The van der Waals surface area contributed by atoms with E-state index in [0.717, 1.165) is 18.8 Å². The number of carbonyl (C=O) groups excluding carboxylic acids is 1. The minimum absolute atomic E-state index is 0. The summed E-state index contributed by atoms with van der Waals surface area (Å²) in [5.74, 6) is 0.412. The van der Waals surface area contributed by atoms with Gasteiger partial charge in [-0.15, -0.1) is 29.9 Å². The molecule has 2 saturated heterocycles. The number of nitrogens with two attached hydrogens (primary N) is 1. The summed E-state index contributed by atoms with van der Waals surface area (Å²) in [4.78, 5) is 18.3. The average Bonchev–Trinajstić information content (AvgIpc) is 3.36. The van der Waals surface area contributed by atoms with Crippen molar-refractivity contribution in [2.45, 2.75) is 18.2 Å². The highest BCUT2D eigenvalue weighted by atomic mass is 35.5. The molecule has 3 aliphatic rings. The van der Waals surface area contributed by atoms with Gasteiger partial charge in [-0.25, -0.2) is 13.9 Å². The molecule has 1 aliphatic carbocycles. The number of carbonyl (C=O) groups is 1. The second-order valence-electron chi connectivity index (χ2n) is 8.64. The second kappa shape index (κ2) is 9.10. The van der Waals surface area contributed by atoms with Crippen LogP contribution in [0, 0.1) is 17.7 Å². The summed E-state index contributed by atoms with van der Waals surface area (Å²) in [6, 6.07) is 8.48. The molecule has 3 atom stereocenters. The van der Waals surface area contributed by atoms with Crippen LogP contribution in [0.15, 0.2) is 48.9 Å². The minimum atomic E-state index is -0.508. The quantitative estimate of drug-likeness (QED) is 0.545. The molecule has 2 unspecified atom stereocenters. The molecule has 1 saturated carbocycles. The van der Waals surface area contributed by atoms with Crippen LogP contribution in [0.25, 0.3) is 11.1 Å². The van der Waals surface area contributed by atoms with Crippen molar-refractivity contribution >= 4 is 36.6 Å². The smallest absolute Gasteiger partial charge is 0.414 e. The number of amides is 1. The van der Waals surface area contributed by atoms with Crippen molar-refractivity contribution in [3.05, 3.63) is 60.4 Å². The van der Waals surface area contributed by atoms with Gasteiger partial charge in [-0.2, -0.15) is 0 Å². The first kappa shape index (κ1) is 24.3. The van der Waals surface area contributed by atoms with Gasteiger partial charge in [0, 0.05) is 48.4 Å². The summed E-state index contributed by atoms with van der Waals surface area (Å²) in [6.07, 6.45) is 4.03. The highest BCUT2D eigenvalue weighted by molar-refractivity contribution is 5.90. The maximum Gasteiger partial charge on any atom is 0.414 e. The Labute approximate surface area is 207 Å². The molecule has 12 heteroatoms. The molecule has 2 aliphatic heterocycles. The first-order chi connectivity index (χ1) is 15.5. The monoisotopic (exact) mass is 507 g/mol. The third-order valence-electron chi connectivity index (χ3n) is 6.85. The van der Waals surface area contributed by atoms with Gasteiger partial charge >= 0.3 is 6.09 Å². The van der Waals surface area contributed by atoms with Crippen molar-refractivity contribution in [2.75, 3.05) is 24.5 Å². The number of aromatic nitrogens is 4. The van der Waals surface area contributed by atoms with E-state index in [2.05, 4.69) is 20.6 Å². The van der Waals surface area contributed by atoms with Gasteiger partial charge in [0.15, 0.2) is 0 Å². The summed E-state index contributed by atoms with van der Waals surface area (Å²) < 4.78 is 22.0. The predicted octanol–water partition coefficient (Wildman–Crippen LogP) is 2.35. The molecule has 3 N–H and O–H groups in total. The van der Waals surface area contributed by atoms with E-state index in [1.807, 2.05) is 12.1 Å². The van der Waals surface area contributed by atoms with Crippen molar-refractivity contribution < 1.29 is 13.9 Å². The fraction of sp³-hybridized carbons (Fsp3) is 0.364. The van der Waals surface area contributed by atoms with Crippen LogP contribution in [0.3, 0.4) is 0 Å². The standard InChI is InChI=1S/C22H22FN7O2.2ClH/c23-19-7-14(30-12-15(32-21(30)31)11-29-6-5-27-28-29)2-3-16(19)13-1-4-20(26-8-13)22(24)17-9-25-10-18(17)22;;/h1-8,15,17-18,25H,9-12,24H2;2*1H/t15-,17?,18?,22?;;/m0../s1. The first-order valence-corrected chi connectivity index (χ1v) is 10.6. The number of halogens is 3. The van der Waals surface area contributed by atoms with Gasteiger partial charge in [0.05, 0.1) is 36.2 Å². The van der Waals surface area contributed by atoms with Crippen LogP contribution in [0.2, 0.25) is 0 Å². The predicted molar refractivity (Wildman–Crippen MR) is 127 cm³/mol. The van der Waals surface area contributed by atoms with Crippen LogP contribution in [-0.2, 0) is 16.8 Å². The number of ether oxygens (including phenoxy) is 1. The zero-order chi connectivity index (χ0) is 21.9. The summed E-state index contributed by atoms with van der Waals surface area (Å²) >= 11 is 0. The summed E-state index contributed by atoms with van der Waals surface area (Å²) in [5.41, 5.74) is 8.57. The summed E-state index contributed by atoms with van der Waals surface area (Å²) in [6.45, 7) is 2.53. The molecule has 0 bridgehead atoms. The van der Waals surface area contributed by atoms with E-state index in [1.54, 1.807) is 35.4 Å². The lowest BCUT2D eigenvalue weighted by molar-refractivity contribution is 0.129. The van der Waals surface area contributed by atoms with Gasteiger partial charge in [-0.1, -0.05) is 11.3 Å². The molecule has 0 spiro atoms. The number of nitrogens with one attached hydrogen (secondary N) is 1. The molecule has 3 fully saturated rings. The maximum absolute atomic E-state index is 15.0. The number of cyclic esters (lactones) is 1. The van der Waals surface area contributed by atoms with Crippen LogP contribution < -0.4 is 16.0 Å². The molecule has 34 heavy (non-hydrogen) atoms. The topological polar surface area (TPSA) is 111 Å². The molecule has 0 radical (unpaired) electrons. The Balaban J connectivity index is 0.00000137. The average molecular weight is 508 g/mol. The summed E-state index contributed by atoms with van der Waals surface area (Å²) in [7, 11) is 0. The molecular weight excluding hydrogens is 484 g/mol. The SMILES string of the molecule is Cl.Cl.NC1(c2ccc(-c3ccc(N4C[C@H](Cn5ccnn5)OC4=O)cc3F)cn2)C2CNCC21. The van der Waals surface area contributed by atoms with Crippen LogP contribution >= 0.6 is 24.8 Å². The van der Waals surface area contributed by atoms with Gasteiger partial charge in [0.2, 0.25) is 0 Å². The zero-order valence-corrected chi connectivity index (χ0v) is 19.6. The third-order valence-corrected chi connectivity index (χ3v) is 6.85. The van der Waals surface area contributed by atoms with E-state index >= 15 is 0 Å². The number of hydrogen-bond donors (Lipinski definition) is 2. The van der Waals surface area contributed by atoms with E-state index in [-0.39, 0.29) is 36.5 Å². The van der Waals surface area contributed by atoms with E-state index < -0.39 is 11.9 Å². The zero-order valence-electron chi connectivity index (χ0n) is 18.0. The minimum Gasteiger partial charge on any atom is -0.442 e. The van der Waals surface area contributed by atoms with E-state index in [4.69, 9.17) is 10.5 Å². The van der Waals surface area contributed by atoms with Crippen molar-refractivity contribution in [1.29, 1.82) is 0 Å². The van der Waals surface area contributed by atoms with Gasteiger partial charge in [-0.3, -0.25) is 9.88 Å².